The van der Waals surface area contributed by atoms with Crippen molar-refractivity contribution in [1.29, 1.82) is 0 Å². The van der Waals surface area contributed by atoms with Crippen LogP contribution in [0.25, 0.3) is 0 Å². The van der Waals surface area contributed by atoms with Crippen molar-refractivity contribution < 1.29 is 0 Å². The van der Waals surface area contributed by atoms with Gasteiger partial charge in [-0.05, 0) is 19.4 Å². The van der Waals surface area contributed by atoms with E-state index >= 15 is 0 Å². The van der Waals surface area contributed by atoms with E-state index in [1.54, 1.807) is 0 Å². The zero-order valence-corrected chi connectivity index (χ0v) is 10.3. The van der Waals surface area contributed by atoms with Crippen LogP contribution in [-0.2, 0) is 7.05 Å². The molecular weight excluding hydrogens is 186 g/mol. The number of aromatic nitrogens is 2. The van der Waals surface area contributed by atoms with E-state index < -0.39 is 0 Å². The minimum Gasteiger partial charge on any atom is -0.313 e. The Labute approximate surface area is 92.9 Å². The highest BCUT2D eigenvalue weighted by Crippen LogP contribution is 2.19. The Bertz CT molecular complexity index is 278. The van der Waals surface area contributed by atoms with Crippen molar-refractivity contribution in [3.05, 3.63) is 18.0 Å². The maximum Gasteiger partial charge on any atom is 0.0537 e. The molecule has 1 rings (SSSR count). The van der Waals surface area contributed by atoms with Crippen molar-refractivity contribution in [3.8, 4) is 0 Å². The van der Waals surface area contributed by atoms with Crippen LogP contribution in [0.3, 0.4) is 0 Å². The van der Waals surface area contributed by atoms with E-state index in [1.807, 2.05) is 25.0 Å². The quantitative estimate of drug-likeness (QED) is 0.780. The van der Waals surface area contributed by atoms with Crippen LogP contribution in [0, 0.1) is 5.92 Å². The number of hydrogen-bond acceptors (Lipinski definition) is 2. The second-order valence-electron chi connectivity index (χ2n) is 4.61. The molecule has 1 unspecified atom stereocenters. The Kier molecular flexibility index (Phi) is 4.82. The highest BCUT2D eigenvalue weighted by molar-refractivity contribution is 5.09. The predicted molar refractivity (Wildman–Crippen MR) is 63.7 cm³/mol. The lowest BCUT2D eigenvalue weighted by Crippen LogP contribution is -2.15. The third-order valence-corrected chi connectivity index (χ3v) is 2.75. The monoisotopic (exact) mass is 209 g/mol. The maximum atomic E-state index is 4.21. The molecule has 0 saturated carbocycles. The molecule has 86 valence electrons. The second kappa shape index (κ2) is 5.91. The number of aryl methyl sites for hydroxylation is 1. The first-order valence-corrected chi connectivity index (χ1v) is 5.79. The summed E-state index contributed by atoms with van der Waals surface area (Å²) in [5.74, 6) is 0.802. The summed E-state index contributed by atoms with van der Waals surface area (Å²) in [4.78, 5) is 0. The van der Waals surface area contributed by atoms with Gasteiger partial charge in [0.1, 0.15) is 0 Å². The van der Waals surface area contributed by atoms with Crippen LogP contribution >= 0.6 is 0 Å². The SMILES string of the molecule is CNC(CCCC(C)C)c1cnn(C)c1. The van der Waals surface area contributed by atoms with Gasteiger partial charge < -0.3 is 5.32 Å². The normalized spacial score (nSPS) is 13.4. The van der Waals surface area contributed by atoms with Crippen LogP contribution in [0.5, 0.6) is 0 Å². The summed E-state index contributed by atoms with van der Waals surface area (Å²) >= 11 is 0. The molecule has 0 saturated heterocycles. The summed E-state index contributed by atoms with van der Waals surface area (Å²) in [5, 5.41) is 7.56. The lowest BCUT2D eigenvalue weighted by atomic mass is 10.0. The summed E-state index contributed by atoms with van der Waals surface area (Å²) in [5.41, 5.74) is 1.30. The van der Waals surface area contributed by atoms with Crippen molar-refractivity contribution in [1.82, 2.24) is 15.1 Å². The van der Waals surface area contributed by atoms with Gasteiger partial charge in [0.15, 0.2) is 0 Å². The fourth-order valence-corrected chi connectivity index (χ4v) is 1.83. The predicted octanol–water partition coefficient (Wildman–Crippen LogP) is 2.51. The molecule has 0 spiro atoms. The molecule has 0 aliphatic heterocycles. The fraction of sp³-hybridized carbons (Fsp3) is 0.750. The van der Waals surface area contributed by atoms with Gasteiger partial charge in [-0.3, -0.25) is 4.68 Å². The van der Waals surface area contributed by atoms with Gasteiger partial charge >= 0.3 is 0 Å². The molecule has 1 aromatic heterocycles. The van der Waals surface area contributed by atoms with E-state index in [-0.39, 0.29) is 0 Å². The zero-order valence-electron chi connectivity index (χ0n) is 10.3. The standard InChI is InChI=1S/C12H23N3/c1-10(2)6-5-7-12(13-3)11-8-14-15(4)9-11/h8-10,12-13H,5-7H2,1-4H3. The lowest BCUT2D eigenvalue weighted by molar-refractivity contribution is 0.470. The second-order valence-corrected chi connectivity index (χ2v) is 4.61. The van der Waals surface area contributed by atoms with Crippen LogP contribution < -0.4 is 5.32 Å². The molecule has 0 aliphatic rings. The van der Waals surface area contributed by atoms with Gasteiger partial charge in [-0.25, -0.2) is 0 Å². The molecule has 1 N–H and O–H groups in total. The third-order valence-electron chi connectivity index (χ3n) is 2.75. The Hall–Kier alpha value is -0.830. The van der Waals surface area contributed by atoms with E-state index in [0.29, 0.717) is 6.04 Å². The summed E-state index contributed by atoms with van der Waals surface area (Å²) < 4.78 is 1.86. The van der Waals surface area contributed by atoms with Crippen LogP contribution in [0.15, 0.2) is 12.4 Å². The van der Waals surface area contributed by atoms with Crippen LogP contribution in [0.4, 0.5) is 0 Å². The van der Waals surface area contributed by atoms with Crippen molar-refractivity contribution in [2.24, 2.45) is 13.0 Å². The molecule has 0 aliphatic carbocycles. The van der Waals surface area contributed by atoms with E-state index in [1.165, 1.54) is 24.8 Å². The van der Waals surface area contributed by atoms with E-state index in [2.05, 4.69) is 30.5 Å². The van der Waals surface area contributed by atoms with Gasteiger partial charge in [-0.1, -0.05) is 26.7 Å². The minimum absolute atomic E-state index is 0.456. The summed E-state index contributed by atoms with van der Waals surface area (Å²) in [7, 11) is 3.98. The Morgan fingerprint density at radius 1 is 1.40 bits per heavy atom. The first kappa shape index (κ1) is 12.2. The molecule has 15 heavy (non-hydrogen) atoms. The molecule has 0 aromatic carbocycles. The molecule has 0 amide bonds. The van der Waals surface area contributed by atoms with Crippen molar-refractivity contribution in [3.63, 3.8) is 0 Å². The highest BCUT2D eigenvalue weighted by Gasteiger charge is 2.10. The molecule has 1 aromatic rings. The molecule has 1 heterocycles. The maximum absolute atomic E-state index is 4.21. The summed E-state index contributed by atoms with van der Waals surface area (Å²) in [6.07, 6.45) is 7.82. The van der Waals surface area contributed by atoms with Gasteiger partial charge in [0.2, 0.25) is 0 Å². The molecule has 3 heteroatoms. The average Bonchev–Trinajstić information content (AvgIpc) is 2.59. The fourth-order valence-electron chi connectivity index (χ4n) is 1.83. The number of hydrogen-bond donors (Lipinski definition) is 1. The molecular formula is C12H23N3. The average molecular weight is 209 g/mol. The zero-order chi connectivity index (χ0) is 11.3. The van der Waals surface area contributed by atoms with Gasteiger partial charge in [0.05, 0.1) is 6.20 Å². The lowest BCUT2D eigenvalue weighted by Gasteiger charge is -2.14. The van der Waals surface area contributed by atoms with E-state index in [0.717, 1.165) is 5.92 Å². The van der Waals surface area contributed by atoms with E-state index in [9.17, 15) is 0 Å². The molecule has 3 nitrogen and oxygen atoms in total. The number of rotatable bonds is 6. The smallest absolute Gasteiger partial charge is 0.0537 e. The van der Waals surface area contributed by atoms with Crippen LogP contribution in [0.1, 0.15) is 44.7 Å². The highest BCUT2D eigenvalue weighted by atomic mass is 15.2. The topological polar surface area (TPSA) is 29.9 Å². The first-order chi connectivity index (χ1) is 7.13. The summed E-state index contributed by atoms with van der Waals surface area (Å²) in [6, 6.07) is 0.456. The molecule has 1 atom stereocenters. The Morgan fingerprint density at radius 2 is 2.13 bits per heavy atom. The summed E-state index contributed by atoms with van der Waals surface area (Å²) in [6.45, 7) is 4.55. The first-order valence-electron chi connectivity index (χ1n) is 5.79. The third kappa shape index (κ3) is 4.04. The van der Waals surface area contributed by atoms with Crippen LogP contribution in [0.2, 0.25) is 0 Å². The van der Waals surface area contributed by atoms with Gasteiger partial charge in [-0.2, -0.15) is 5.10 Å². The number of nitrogens with zero attached hydrogens (tertiary/aromatic N) is 2. The Balaban J connectivity index is 2.42. The van der Waals surface area contributed by atoms with Gasteiger partial charge in [-0.15, -0.1) is 0 Å². The molecule has 0 radical (unpaired) electrons. The van der Waals surface area contributed by atoms with Crippen molar-refractivity contribution in [2.75, 3.05) is 7.05 Å². The van der Waals surface area contributed by atoms with Gasteiger partial charge in [0, 0.05) is 24.8 Å². The van der Waals surface area contributed by atoms with Crippen LogP contribution in [-0.4, -0.2) is 16.8 Å². The Morgan fingerprint density at radius 3 is 2.60 bits per heavy atom. The molecule has 0 fully saturated rings. The van der Waals surface area contributed by atoms with Gasteiger partial charge in [0.25, 0.3) is 0 Å². The minimum atomic E-state index is 0.456. The van der Waals surface area contributed by atoms with E-state index in [4.69, 9.17) is 0 Å². The largest absolute Gasteiger partial charge is 0.313 e. The number of nitrogens with one attached hydrogen (secondary N) is 1. The van der Waals surface area contributed by atoms with Crippen molar-refractivity contribution in [2.45, 2.75) is 39.2 Å². The molecule has 0 bridgehead atoms. The van der Waals surface area contributed by atoms with Crippen molar-refractivity contribution >= 4 is 0 Å².